The van der Waals surface area contributed by atoms with Gasteiger partial charge in [0, 0.05) is 30.2 Å². The van der Waals surface area contributed by atoms with Crippen LogP contribution in [0.4, 0.5) is 5.69 Å². The second kappa shape index (κ2) is 8.39. The number of fused-ring (bicyclic) bond motifs is 3. The van der Waals surface area contributed by atoms with Crippen molar-refractivity contribution in [2.24, 2.45) is 0 Å². The standard InChI is InChI=1S/C22H24N4O3S/c1-25(2)21(28)14-8-10-15(11-9-14)24-18(27)12-26-13-23-20-19(22(26)29)16-6-4-3-5-7-17(16)30-20/h8-11,13H,3-7,12H2,1-2H3,(H,24,27). The van der Waals surface area contributed by atoms with E-state index in [9.17, 15) is 14.4 Å². The van der Waals surface area contributed by atoms with Crippen molar-refractivity contribution in [3.8, 4) is 0 Å². The van der Waals surface area contributed by atoms with Gasteiger partial charge < -0.3 is 10.2 Å². The number of nitrogens with zero attached hydrogens (tertiary/aromatic N) is 3. The first-order valence-corrected chi connectivity index (χ1v) is 10.9. The number of rotatable bonds is 4. The Morgan fingerprint density at radius 2 is 1.87 bits per heavy atom. The third-order valence-corrected chi connectivity index (χ3v) is 6.53. The maximum absolute atomic E-state index is 13.1. The quantitative estimate of drug-likeness (QED) is 0.653. The minimum atomic E-state index is -0.314. The maximum atomic E-state index is 13.1. The van der Waals surface area contributed by atoms with Crippen LogP contribution < -0.4 is 10.9 Å². The molecule has 3 aromatic rings. The van der Waals surface area contributed by atoms with Crippen LogP contribution in [0.5, 0.6) is 0 Å². The molecule has 30 heavy (non-hydrogen) atoms. The van der Waals surface area contributed by atoms with Crippen molar-refractivity contribution < 1.29 is 9.59 Å². The minimum Gasteiger partial charge on any atom is -0.345 e. The number of hydrogen-bond acceptors (Lipinski definition) is 5. The molecule has 0 saturated heterocycles. The Labute approximate surface area is 178 Å². The van der Waals surface area contributed by atoms with E-state index in [-0.39, 0.29) is 23.9 Å². The Balaban J connectivity index is 1.52. The largest absolute Gasteiger partial charge is 0.345 e. The number of carbonyl (C=O) groups is 2. The predicted octanol–water partition coefficient (Wildman–Crippen LogP) is 3.07. The van der Waals surface area contributed by atoms with Crippen LogP contribution in [-0.2, 0) is 24.2 Å². The molecule has 156 valence electrons. The van der Waals surface area contributed by atoms with Gasteiger partial charge in [-0.3, -0.25) is 19.0 Å². The van der Waals surface area contributed by atoms with Crippen LogP contribution >= 0.6 is 11.3 Å². The second-order valence-electron chi connectivity index (χ2n) is 7.75. The van der Waals surface area contributed by atoms with Crippen LogP contribution in [0.25, 0.3) is 10.2 Å². The summed E-state index contributed by atoms with van der Waals surface area (Å²) in [6, 6.07) is 6.69. The van der Waals surface area contributed by atoms with E-state index in [0.29, 0.717) is 16.6 Å². The highest BCUT2D eigenvalue weighted by molar-refractivity contribution is 7.18. The molecule has 2 heterocycles. The third kappa shape index (κ3) is 4.00. The first kappa shape index (κ1) is 20.3. The number of aromatic nitrogens is 2. The molecule has 1 aliphatic rings. The van der Waals surface area contributed by atoms with E-state index < -0.39 is 0 Å². The number of amides is 2. The van der Waals surface area contributed by atoms with Crippen molar-refractivity contribution >= 4 is 39.1 Å². The van der Waals surface area contributed by atoms with E-state index in [1.54, 1.807) is 49.7 Å². The zero-order valence-electron chi connectivity index (χ0n) is 17.1. The zero-order valence-corrected chi connectivity index (χ0v) is 17.9. The number of thiophene rings is 1. The van der Waals surface area contributed by atoms with Gasteiger partial charge in [0.25, 0.3) is 11.5 Å². The Hall–Kier alpha value is -3.00. The molecule has 0 bridgehead atoms. The van der Waals surface area contributed by atoms with Crippen LogP contribution in [-0.4, -0.2) is 40.4 Å². The molecule has 1 aromatic carbocycles. The molecular weight excluding hydrogens is 400 g/mol. The normalized spacial score (nSPS) is 13.5. The third-order valence-electron chi connectivity index (χ3n) is 5.33. The Kier molecular flexibility index (Phi) is 5.67. The summed E-state index contributed by atoms with van der Waals surface area (Å²) in [5, 5.41) is 3.46. The van der Waals surface area contributed by atoms with Gasteiger partial charge in [0.15, 0.2) is 0 Å². The lowest BCUT2D eigenvalue weighted by molar-refractivity contribution is -0.116. The summed E-state index contributed by atoms with van der Waals surface area (Å²) in [5.74, 6) is -0.417. The summed E-state index contributed by atoms with van der Waals surface area (Å²) in [4.78, 5) is 45.5. The van der Waals surface area contributed by atoms with E-state index in [1.165, 1.54) is 27.1 Å². The van der Waals surface area contributed by atoms with Crippen molar-refractivity contribution in [3.05, 3.63) is 57.0 Å². The summed E-state index contributed by atoms with van der Waals surface area (Å²) < 4.78 is 1.37. The molecule has 0 aliphatic heterocycles. The molecule has 0 spiro atoms. The molecule has 2 amide bonds. The fourth-order valence-electron chi connectivity index (χ4n) is 3.78. The fourth-order valence-corrected chi connectivity index (χ4v) is 5.00. The fraction of sp³-hybridized carbons (Fsp3) is 0.364. The SMILES string of the molecule is CN(C)C(=O)c1ccc(NC(=O)Cn2cnc3sc4c(c3c2=O)CCCCC4)cc1. The smallest absolute Gasteiger partial charge is 0.262 e. The topological polar surface area (TPSA) is 84.3 Å². The van der Waals surface area contributed by atoms with E-state index in [1.807, 2.05) is 0 Å². The maximum Gasteiger partial charge on any atom is 0.262 e. The molecule has 0 fully saturated rings. The minimum absolute atomic E-state index is 0.103. The van der Waals surface area contributed by atoms with Crippen molar-refractivity contribution in [2.45, 2.75) is 38.6 Å². The van der Waals surface area contributed by atoms with Crippen LogP contribution in [0.1, 0.15) is 40.1 Å². The van der Waals surface area contributed by atoms with Crippen molar-refractivity contribution in [1.82, 2.24) is 14.5 Å². The van der Waals surface area contributed by atoms with Crippen LogP contribution in [0.3, 0.4) is 0 Å². The van der Waals surface area contributed by atoms with E-state index in [2.05, 4.69) is 10.3 Å². The van der Waals surface area contributed by atoms with E-state index in [4.69, 9.17) is 0 Å². The van der Waals surface area contributed by atoms with Crippen LogP contribution in [0.15, 0.2) is 35.4 Å². The number of anilines is 1. The van der Waals surface area contributed by atoms with Gasteiger partial charge in [0.1, 0.15) is 11.4 Å². The highest BCUT2D eigenvalue weighted by Crippen LogP contribution is 2.32. The predicted molar refractivity (Wildman–Crippen MR) is 118 cm³/mol. The van der Waals surface area contributed by atoms with Gasteiger partial charge in [-0.05, 0) is 55.5 Å². The number of aryl methyl sites for hydroxylation is 2. The summed E-state index contributed by atoms with van der Waals surface area (Å²) in [6.45, 7) is -0.106. The molecular formula is C22H24N4O3S. The zero-order chi connectivity index (χ0) is 21.3. The number of hydrogen-bond donors (Lipinski definition) is 1. The molecule has 0 atom stereocenters. The summed E-state index contributed by atoms with van der Waals surface area (Å²) >= 11 is 1.61. The molecule has 0 radical (unpaired) electrons. The van der Waals surface area contributed by atoms with E-state index >= 15 is 0 Å². The van der Waals surface area contributed by atoms with Crippen LogP contribution in [0.2, 0.25) is 0 Å². The first-order chi connectivity index (χ1) is 14.4. The number of carbonyl (C=O) groups excluding carboxylic acids is 2. The summed E-state index contributed by atoms with van der Waals surface area (Å²) in [6.07, 6.45) is 6.77. The molecule has 1 aliphatic carbocycles. The lowest BCUT2D eigenvalue weighted by Gasteiger charge is -2.11. The Morgan fingerprint density at radius 1 is 1.13 bits per heavy atom. The Morgan fingerprint density at radius 3 is 2.60 bits per heavy atom. The van der Waals surface area contributed by atoms with Gasteiger partial charge in [-0.25, -0.2) is 4.98 Å². The van der Waals surface area contributed by atoms with Crippen molar-refractivity contribution in [1.29, 1.82) is 0 Å². The van der Waals surface area contributed by atoms with Gasteiger partial charge in [0.05, 0.1) is 11.7 Å². The van der Waals surface area contributed by atoms with Crippen molar-refractivity contribution in [2.75, 3.05) is 19.4 Å². The number of benzene rings is 1. The van der Waals surface area contributed by atoms with Gasteiger partial charge in [-0.15, -0.1) is 11.3 Å². The summed E-state index contributed by atoms with van der Waals surface area (Å²) in [5.41, 5.74) is 2.09. The summed E-state index contributed by atoms with van der Waals surface area (Å²) in [7, 11) is 3.37. The van der Waals surface area contributed by atoms with Gasteiger partial charge in [-0.2, -0.15) is 0 Å². The molecule has 0 saturated carbocycles. The van der Waals surface area contributed by atoms with Crippen molar-refractivity contribution in [3.63, 3.8) is 0 Å². The first-order valence-electron chi connectivity index (χ1n) is 10.1. The highest BCUT2D eigenvalue weighted by atomic mass is 32.1. The molecule has 1 N–H and O–H groups in total. The van der Waals surface area contributed by atoms with E-state index in [0.717, 1.165) is 36.1 Å². The van der Waals surface area contributed by atoms with Gasteiger partial charge in [-0.1, -0.05) is 6.42 Å². The Bertz CT molecular complexity index is 1160. The second-order valence-corrected chi connectivity index (χ2v) is 8.83. The lowest BCUT2D eigenvalue weighted by Crippen LogP contribution is -2.28. The molecule has 4 rings (SSSR count). The molecule has 2 aromatic heterocycles. The monoisotopic (exact) mass is 424 g/mol. The number of nitrogens with one attached hydrogen (secondary N) is 1. The highest BCUT2D eigenvalue weighted by Gasteiger charge is 2.19. The van der Waals surface area contributed by atoms with Gasteiger partial charge >= 0.3 is 0 Å². The molecule has 8 heteroatoms. The van der Waals surface area contributed by atoms with Gasteiger partial charge in [0.2, 0.25) is 5.91 Å². The lowest BCUT2D eigenvalue weighted by atomic mass is 10.1. The molecule has 0 unspecified atom stereocenters. The molecule has 7 nitrogen and oxygen atoms in total. The average molecular weight is 425 g/mol. The van der Waals surface area contributed by atoms with Crippen LogP contribution in [0, 0.1) is 0 Å². The average Bonchev–Trinajstić information content (AvgIpc) is 2.92.